The van der Waals surface area contributed by atoms with Gasteiger partial charge in [-0.05, 0) is 37.6 Å². The highest BCUT2D eigenvalue weighted by molar-refractivity contribution is 6.35. The van der Waals surface area contributed by atoms with Crippen LogP contribution in [0.1, 0.15) is 24.4 Å². The lowest BCUT2D eigenvalue weighted by molar-refractivity contribution is 0.444. The van der Waals surface area contributed by atoms with Crippen molar-refractivity contribution >= 4 is 23.2 Å². The summed E-state index contributed by atoms with van der Waals surface area (Å²) >= 11 is 12.0. The summed E-state index contributed by atoms with van der Waals surface area (Å²) in [5.74, 6) is 0. The van der Waals surface area contributed by atoms with Gasteiger partial charge in [0.05, 0.1) is 17.5 Å². The van der Waals surface area contributed by atoms with Crippen LogP contribution in [0, 0.1) is 16.7 Å². The van der Waals surface area contributed by atoms with E-state index in [0.29, 0.717) is 10.0 Å². The van der Waals surface area contributed by atoms with Gasteiger partial charge in [-0.15, -0.1) is 0 Å². The first-order chi connectivity index (χ1) is 7.63. The van der Waals surface area contributed by atoms with E-state index >= 15 is 0 Å². The lowest BCUT2D eigenvalue weighted by atomic mass is 9.91. The summed E-state index contributed by atoms with van der Waals surface area (Å²) < 4.78 is 0. The van der Waals surface area contributed by atoms with Gasteiger partial charge in [-0.25, -0.2) is 0 Å². The third-order valence-corrected chi connectivity index (χ3v) is 3.69. The molecule has 2 rings (SSSR count). The van der Waals surface area contributed by atoms with Gasteiger partial charge in [0.15, 0.2) is 0 Å². The fourth-order valence-electron chi connectivity index (χ4n) is 2.06. The van der Waals surface area contributed by atoms with E-state index in [1.165, 1.54) is 0 Å². The quantitative estimate of drug-likeness (QED) is 0.896. The number of halogens is 2. The molecule has 2 nitrogen and oxygen atoms in total. The van der Waals surface area contributed by atoms with E-state index in [4.69, 9.17) is 23.2 Å². The van der Waals surface area contributed by atoms with Crippen LogP contribution in [0.4, 0.5) is 0 Å². The number of hydrogen-bond donors (Lipinski definition) is 1. The molecule has 1 aromatic rings. The Kier molecular flexibility index (Phi) is 3.12. The standard InChI is InChI=1S/C12H12Cl2N2/c1-16-11(12(7-15)4-5-12)9-3-2-8(13)6-10(9)14/h2-3,6,11,16H,4-5H2,1H3. The largest absolute Gasteiger partial charge is 0.312 e. The Morgan fingerprint density at radius 2 is 2.12 bits per heavy atom. The van der Waals surface area contributed by atoms with Crippen molar-refractivity contribution in [1.82, 2.24) is 5.32 Å². The molecule has 1 fully saturated rings. The van der Waals surface area contributed by atoms with Crippen molar-refractivity contribution in [2.45, 2.75) is 18.9 Å². The van der Waals surface area contributed by atoms with Gasteiger partial charge in [-0.3, -0.25) is 0 Å². The molecule has 1 aliphatic carbocycles. The van der Waals surface area contributed by atoms with E-state index in [-0.39, 0.29) is 11.5 Å². The topological polar surface area (TPSA) is 35.8 Å². The molecule has 0 bridgehead atoms. The first-order valence-electron chi connectivity index (χ1n) is 5.16. The maximum Gasteiger partial charge on any atom is 0.0769 e. The molecule has 0 saturated heterocycles. The maximum atomic E-state index is 9.21. The van der Waals surface area contributed by atoms with E-state index in [2.05, 4.69) is 11.4 Å². The summed E-state index contributed by atoms with van der Waals surface area (Å²) in [6.07, 6.45) is 1.85. The molecular weight excluding hydrogens is 243 g/mol. The molecular formula is C12H12Cl2N2. The van der Waals surface area contributed by atoms with Gasteiger partial charge in [0, 0.05) is 10.0 Å². The fourth-order valence-corrected chi connectivity index (χ4v) is 2.58. The van der Waals surface area contributed by atoms with Crippen molar-refractivity contribution < 1.29 is 0 Å². The second-order valence-corrected chi connectivity index (χ2v) is 5.00. The molecule has 4 heteroatoms. The summed E-state index contributed by atoms with van der Waals surface area (Å²) in [6, 6.07) is 7.79. The highest BCUT2D eigenvalue weighted by atomic mass is 35.5. The van der Waals surface area contributed by atoms with Gasteiger partial charge in [0.25, 0.3) is 0 Å². The molecule has 1 aliphatic rings. The number of hydrogen-bond acceptors (Lipinski definition) is 2. The van der Waals surface area contributed by atoms with E-state index < -0.39 is 0 Å². The molecule has 0 heterocycles. The summed E-state index contributed by atoms with van der Waals surface area (Å²) in [4.78, 5) is 0. The minimum atomic E-state index is -0.285. The van der Waals surface area contributed by atoms with Crippen LogP contribution in [-0.4, -0.2) is 7.05 Å². The normalized spacial score (nSPS) is 18.9. The van der Waals surface area contributed by atoms with E-state index in [0.717, 1.165) is 18.4 Å². The molecule has 0 spiro atoms. The zero-order valence-corrected chi connectivity index (χ0v) is 10.4. The summed E-state index contributed by atoms with van der Waals surface area (Å²) in [7, 11) is 1.85. The van der Waals surface area contributed by atoms with Crippen LogP contribution in [0.2, 0.25) is 10.0 Å². The third-order valence-electron chi connectivity index (χ3n) is 3.13. The van der Waals surface area contributed by atoms with Crippen molar-refractivity contribution in [3.05, 3.63) is 33.8 Å². The van der Waals surface area contributed by atoms with Crippen molar-refractivity contribution in [1.29, 1.82) is 5.26 Å². The second kappa shape index (κ2) is 4.25. The second-order valence-electron chi connectivity index (χ2n) is 4.16. The van der Waals surface area contributed by atoms with Crippen LogP contribution < -0.4 is 5.32 Å². The Morgan fingerprint density at radius 1 is 1.44 bits per heavy atom. The van der Waals surface area contributed by atoms with Gasteiger partial charge < -0.3 is 5.32 Å². The van der Waals surface area contributed by atoms with Gasteiger partial charge >= 0.3 is 0 Å². The molecule has 16 heavy (non-hydrogen) atoms. The highest BCUT2D eigenvalue weighted by Crippen LogP contribution is 2.55. The Bertz CT molecular complexity index is 447. The van der Waals surface area contributed by atoms with E-state index in [1.807, 2.05) is 13.1 Å². The number of nitrogens with zero attached hydrogens (tertiary/aromatic N) is 1. The molecule has 0 aromatic heterocycles. The molecule has 1 saturated carbocycles. The lowest BCUT2D eigenvalue weighted by Gasteiger charge is -2.22. The molecule has 1 unspecified atom stereocenters. The maximum absolute atomic E-state index is 9.21. The smallest absolute Gasteiger partial charge is 0.0769 e. The molecule has 84 valence electrons. The lowest BCUT2D eigenvalue weighted by Crippen LogP contribution is -2.25. The molecule has 0 radical (unpaired) electrons. The van der Waals surface area contributed by atoms with E-state index in [1.54, 1.807) is 12.1 Å². The predicted octanol–water partition coefficient (Wildman–Crippen LogP) is 3.56. The Labute approximate surface area is 105 Å². The zero-order valence-electron chi connectivity index (χ0n) is 8.93. The fraction of sp³-hybridized carbons (Fsp3) is 0.417. The van der Waals surface area contributed by atoms with Crippen LogP contribution in [0.5, 0.6) is 0 Å². The van der Waals surface area contributed by atoms with Crippen molar-refractivity contribution in [3.63, 3.8) is 0 Å². The number of nitriles is 1. The van der Waals surface area contributed by atoms with E-state index in [9.17, 15) is 5.26 Å². The molecule has 1 aromatic carbocycles. The molecule has 0 amide bonds. The monoisotopic (exact) mass is 254 g/mol. The summed E-state index contributed by atoms with van der Waals surface area (Å²) in [5.41, 5.74) is 0.666. The van der Waals surface area contributed by atoms with Gasteiger partial charge in [0.2, 0.25) is 0 Å². The summed E-state index contributed by atoms with van der Waals surface area (Å²) in [5, 5.41) is 13.6. The zero-order chi connectivity index (χ0) is 11.8. The summed E-state index contributed by atoms with van der Waals surface area (Å²) in [6.45, 7) is 0. The van der Waals surface area contributed by atoms with Gasteiger partial charge in [0.1, 0.15) is 0 Å². The molecule has 1 atom stereocenters. The van der Waals surface area contributed by atoms with Crippen molar-refractivity contribution in [2.24, 2.45) is 5.41 Å². The van der Waals surface area contributed by atoms with Crippen molar-refractivity contribution in [2.75, 3.05) is 7.05 Å². The van der Waals surface area contributed by atoms with Crippen LogP contribution in [0.25, 0.3) is 0 Å². The minimum Gasteiger partial charge on any atom is -0.312 e. The van der Waals surface area contributed by atoms with Crippen molar-refractivity contribution in [3.8, 4) is 6.07 Å². The minimum absolute atomic E-state index is 0.0118. The van der Waals surface area contributed by atoms with Crippen LogP contribution in [0.15, 0.2) is 18.2 Å². The average molecular weight is 255 g/mol. The number of nitrogens with one attached hydrogen (secondary N) is 1. The van der Waals surface area contributed by atoms with Crippen LogP contribution in [-0.2, 0) is 0 Å². The predicted molar refractivity (Wildman–Crippen MR) is 65.5 cm³/mol. The number of rotatable bonds is 3. The SMILES string of the molecule is CNC(c1ccc(Cl)cc1Cl)C1(C#N)CC1. The Morgan fingerprint density at radius 3 is 2.56 bits per heavy atom. The molecule has 0 aliphatic heterocycles. The first kappa shape index (κ1) is 11.7. The third kappa shape index (κ3) is 1.91. The number of benzene rings is 1. The van der Waals surface area contributed by atoms with Gasteiger partial charge in [-0.2, -0.15) is 5.26 Å². The highest BCUT2D eigenvalue weighted by Gasteiger charge is 2.50. The average Bonchev–Trinajstić information content (AvgIpc) is 3.03. The Hall–Kier alpha value is -0.750. The van der Waals surface area contributed by atoms with Crippen LogP contribution in [0.3, 0.4) is 0 Å². The Balaban J connectivity index is 2.38. The van der Waals surface area contributed by atoms with Gasteiger partial charge in [-0.1, -0.05) is 29.3 Å². The van der Waals surface area contributed by atoms with Crippen LogP contribution >= 0.6 is 23.2 Å². The molecule has 1 N–H and O–H groups in total. The first-order valence-corrected chi connectivity index (χ1v) is 5.92.